The van der Waals surface area contributed by atoms with Gasteiger partial charge in [-0.15, -0.1) is 0 Å². The van der Waals surface area contributed by atoms with Crippen LogP contribution in [0.15, 0.2) is 41.3 Å². The van der Waals surface area contributed by atoms with Crippen molar-refractivity contribution in [2.45, 2.75) is 31.1 Å². The molecule has 2 rings (SSSR count). The molecular formula is C14H17NO5S. The smallest absolute Gasteiger partial charge is 0.357 e. The lowest BCUT2D eigenvalue weighted by atomic mass is 10.1. The first-order valence-electron chi connectivity index (χ1n) is 6.57. The van der Waals surface area contributed by atoms with E-state index < -0.39 is 21.9 Å². The molecule has 1 heterocycles. The van der Waals surface area contributed by atoms with E-state index >= 15 is 0 Å². The van der Waals surface area contributed by atoms with Crippen LogP contribution < -0.4 is 4.28 Å². The molecule has 0 unspecified atom stereocenters. The minimum atomic E-state index is -4.12. The van der Waals surface area contributed by atoms with E-state index in [1.54, 1.807) is 12.1 Å². The van der Waals surface area contributed by atoms with Crippen molar-refractivity contribution in [2.24, 2.45) is 0 Å². The van der Waals surface area contributed by atoms with Crippen molar-refractivity contribution in [3.05, 3.63) is 42.0 Å². The number of hydrogen-bond donors (Lipinski definition) is 2. The fourth-order valence-electron chi connectivity index (χ4n) is 1.82. The van der Waals surface area contributed by atoms with Gasteiger partial charge in [0.05, 0.1) is 0 Å². The van der Waals surface area contributed by atoms with Crippen LogP contribution in [0.3, 0.4) is 0 Å². The molecular weight excluding hydrogens is 294 g/mol. The minimum Gasteiger partial charge on any atom is -0.492 e. The molecule has 7 heteroatoms. The normalized spacial score (nSPS) is 11.5. The standard InChI is InChI=1S/C14H17NO5S/c1-2-3-4-11-5-7-12(8-6-11)21(18,19)20-15-13(16)9-10-14(15)17/h5-10,16-17H,2-4H2,1H3. The molecule has 1 aromatic heterocycles. The van der Waals surface area contributed by atoms with Crippen molar-refractivity contribution in [3.63, 3.8) is 0 Å². The average Bonchev–Trinajstić information content (AvgIpc) is 2.77. The Balaban J connectivity index is 2.20. The summed E-state index contributed by atoms with van der Waals surface area (Å²) in [4.78, 5) is -0.0461. The number of benzene rings is 1. The molecule has 2 aromatic rings. The van der Waals surface area contributed by atoms with Crippen LogP contribution in [0.25, 0.3) is 0 Å². The van der Waals surface area contributed by atoms with Gasteiger partial charge in [0, 0.05) is 12.1 Å². The summed E-state index contributed by atoms with van der Waals surface area (Å²) in [5.74, 6) is -1.01. The largest absolute Gasteiger partial charge is 0.492 e. The molecule has 0 bridgehead atoms. The second-order valence-electron chi connectivity index (χ2n) is 4.62. The highest BCUT2D eigenvalue weighted by molar-refractivity contribution is 7.87. The van der Waals surface area contributed by atoms with E-state index in [0.29, 0.717) is 4.73 Å². The van der Waals surface area contributed by atoms with Crippen LogP contribution in [0, 0.1) is 0 Å². The van der Waals surface area contributed by atoms with Gasteiger partial charge < -0.3 is 10.2 Å². The second-order valence-corrected chi connectivity index (χ2v) is 6.15. The van der Waals surface area contributed by atoms with Crippen molar-refractivity contribution < 1.29 is 22.9 Å². The molecule has 1 aromatic carbocycles. The van der Waals surface area contributed by atoms with Crippen LogP contribution in [-0.2, 0) is 16.5 Å². The van der Waals surface area contributed by atoms with E-state index in [9.17, 15) is 18.6 Å². The average molecular weight is 311 g/mol. The van der Waals surface area contributed by atoms with Crippen LogP contribution in [-0.4, -0.2) is 23.4 Å². The number of aromatic hydroxyl groups is 2. The molecule has 0 aliphatic rings. The Bertz CT molecular complexity index is 684. The van der Waals surface area contributed by atoms with Crippen LogP contribution in [0.1, 0.15) is 25.3 Å². The number of hydrogen-bond acceptors (Lipinski definition) is 5. The fourth-order valence-corrected chi connectivity index (χ4v) is 2.73. The quantitative estimate of drug-likeness (QED) is 0.852. The molecule has 2 N–H and O–H groups in total. The first kappa shape index (κ1) is 15.2. The van der Waals surface area contributed by atoms with Crippen LogP contribution >= 0.6 is 0 Å². The number of aryl methyl sites for hydroxylation is 1. The molecule has 0 spiro atoms. The first-order chi connectivity index (χ1) is 9.94. The SMILES string of the molecule is CCCCc1ccc(S(=O)(=O)On2c(O)ccc2O)cc1. The predicted molar refractivity (Wildman–Crippen MR) is 76.6 cm³/mol. The highest BCUT2D eigenvalue weighted by Crippen LogP contribution is 2.21. The maximum absolute atomic E-state index is 12.1. The molecule has 21 heavy (non-hydrogen) atoms. The van der Waals surface area contributed by atoms with Crippen molar-refractivity contribution in [1.29, 1.82) is 0 Å². The summed E-state index contributed by atoms with van der Waals surface area (Å²) in [7, 11) is -4.12. The number of rotatable bonds is 6. The molecule has 0 amide bonds. The number of nitrogens with zero attached hydrogens (tertiary/aromatic N) is 1. The van der Waals surface area contributed by atoms with E-state index in [-0.39, 0.29) is 4.90 Å². The second kappa shape index (κ2) is 6.09. The maximum Gasteiger partial charge on any atom is 0.357 e. The van der Waals surface area contributed by atoms with E-state index in [1.165, 1.54) is 12.1 Å². The van der Waals surface area contributed by atoms with Gasteiger partial charge in [0.15, 0.2) is 0 Å². The van der Waals surface area contributed by atoms with E-state index in [2.05, 4.69) is 6.92 Å². The van der Waals surface area contributed by atoms with Crippen molar-refractivity contribution >= 4 is 10.1 Å². The molecule has 0 saturated carbocycles. The molecule has 0 aliphatic heterocycles. The van der Waals surface area contributed by atoms with Crippen LogP contribution in [0.4, 0.5) is 0 Å². The van der Waals surface area contributed by atoms with Gasteiger partial charge in [-0.2, -0.15) is 8.42 Å². The number of unbranched alkanes of at least 4 members (excludes halogenated alkanes) is 1. The summed E-state index contributed by atoms with van der Waals surface area (Å²) < 4.78 is 29.3. The predicted octanol–water partition coefficient (Wildman–Crippen LogP) is 2.06. The van der Waals surface area contributed by atoms with Gasteiger partial charge in [-0.3, -0.25) is 4.28 Å². The summed E-state index contributed by atoms with van der Waals surface area (Å²) >= 11 is 0. The molecule has 0 aliphatic carbocycles. The topological polar surface area (TPSA) is 88.8 Å². The van der Waals surface area contributed by atoms with Gasteiger partial charge in [-0.25, -0.2) is 0 Å². The summed E-state index contributed by atoms with van der Waals surface area (Å²) in [6, 6.07) is 8.58. The summed E-state index contributed by atoms with van der Waals surface area (Å²) in [5.41, 5.74) is 1.04. The summed E-state index contributed by atoms with van der Waals surface area (Å²) in [6.45, 7) is 2.09. The molecule has 6 nitrogen and oxygen atoms in total. The molecule has 114 valence electrons. The van der Waals surface area contributed by atoms with Gasteiger partial charge in [0.25, 0.3) is 0 Å². The third kappa shape index (κ3) is 3.49. The highest BCUT2D eigenvalue weighted by Gasteiger charge is 2.20. The lowest BCUT2D eigenvalue weighted by molar-refractivity contribution is 0.203. The Morgan fingerprint density at radius 2 is 1.62 bits per heavy atom. The third-order valence-corrected chi connectivity index (χ3v) is 4.20. The van der Waals surface area contributed by atoms with Crippen LogP contribution in [0.2, 0.25) is 0 Å². The monoisotopic (exact) mass is 311 g/mol. The van der Waals surface area contributed by atoms with Gasteiger partial charge in [-0.05, 0) is 30.5 Å². The van der Waals surface area contributed by atoms with E-state index in [0.717, 1.165) is 37.0 Å². The van der Waals surface area contributed by atoms with Crippen LogP contribution in [0.5, 0.6) is 11.8 Å². The zero-order valence-corrected chi connectivity index (χ0v) is 12.4. The maximum atomic E-state index is 12.1. The third-order valence-electron chi connectivity index (χ3n) is 3.00. The van der Waals surface area contributed by atoms with Gasteiger partial charge in [0.2, 0.25) is 11.8 Å². The molecule has 0 atom stereocenters. The molecule has 0 saturated heterocycles. The summed E-state index contributed by atoms with van der Waals surface area (Å²) in [5, 5.41) is 18.8. The van der Waals surface area contributed by atoms with Crippen molar-refractivity contribution in [2.75, 3.05) is 0 Å². The van der Waals surface area contributed by atoms with E-state index in [1.807, 2.05) is 0 Å². The molecule has 0 radical (unpaired) electrons. The lowest BCUT2D eigenvalue weighted by Crippen LogP contribution is -2.19. The summed E-state index contributed by atoms with van der Waals surface area (Å²) in [6.07, 6.45) is 2.99. The van der Waals surface area contributed by atoms with Gasteiger partial charge in [0.1, 0.15) is 4.90 Å². The first-order valence-corrected chi connectivity index (χ1v) is 7.98. The Kier molecular flexibility index (Phi) is 4.42. The minimum absolute atomic E-state index is 0.0461. The lowest BCUT2D eigenvalue weighted by Gasteiger charge is -2.09. The molecule has 0 fully saturated rings. The zero-order valence-electron chi connectivity index (χ0n) is 11.6. The Morgan fingerprint density at radius 3 is 2.14 bits per heavy atom. The van der Waals surface area contributed by atoms with Crippen molar-refractivity contribution in [1.82, 2.24) is 4.73 Å². The van der Waals surface area contributed by atoms with Crippen molar-refractivity contribution in [3.8, 4) is 11.8 Å². The Labute approximate surface area is 123 Å². The highest BCUT2D eigenvalue weighted by atomic mass is 32.2. The zero-order chi connectivity index (χ0) is 15.5. The number of aromatic nitrogens is 1. The van der Waals surface area contributed by atoms with Gasteiger partial charge >= 0.3 is 10.1 Å². The Hall–Kier alpha value is -2.15. The van der Waals surface area contributed by atoms with E-state index in [4.69, 9.17) is 4.28 Å². The van der Waals surface area contributed by atoms with Gasteiger partial charge in [-0.1, -0.05) is 30.2 Å². The Morgan fingerprint density at radius 1 is 1.05 bits per heavy atom. The fraction of sp³-hybridized carbons (Fsp3) is 0.286.